The zero-order valence-electron chi connectivity index (χ0n) is 9.46. The second-order valence-corrected chi connectivity index (χ2v) is 5.26. The van der Waals surface area contributed by atoms with Crippen LogP contribution in [0.3, 0.4) is 0 Å². The number of hydrogen-bond donors (Lipinski definition) is 0. The SMILES string of the molecule is CC1CCC(c2ccccc2)C1(C)C. The molecule has 2 unspecified atom stereocenters. The lowest BCUT2D eigenvalue weighted by molar-refractivity contribution is 0.249. The van der Waals surface area contributed by atoms with Gasteiger partial charge in [-0.15, -0.1) is 0 Å². The summed E-state index contributed by atoms with van der Waals surface area (Å²) in [6.07, 6.45) is 2.74. The van der Waals surface area contributed by atoms with Gasteiger partial charge in [0.05, 0.1) is 0 Å². The normalized spacial score (nSPS) is 30.5. The van der Waals surface area contributed by atoms with Gasteiger partial charge in [-0.3, -0.25) is 0 Å². The monoisotopic (exact) mass is 188 g/mol. The zero-order chi connectivity index (χ0) is 10.2. The molecule has 1 saturated carbocycles. The first kappa shape index (κ1) is 9.76. The molecule has 1 aliphatic rings. The van der Waals surface area contributed by atoms with Crippen LogP contribution in [0, 0.1) is 11.3 Å². The van der Waals surface area contributed by atoms with Gasteiger partial charge in [0.2, 0.25) is 0 Å². The standard InChI is InChI=1S/C14H20/c1-11-9-10-13(14(11,2)3)12-7-5-4-6-8-12/h4-8,11,13H,9-10H2,1-3H3. The third-order valence-electron chi connectivity index (χ3n) is 4.26. The van der Waals surface area contributed by atoms with Crippen LogP contribution in [0.15, 0.2) is 30.3 Å². The quantitative estimate of drug-likeness (QED) is 0.619. The number of rotatable bonds is 1. The fourth-order valence-electron chi connectivity index (χ4n) is 2.79. The second kappa shape index (κ2) is 3.42. The molecule has 76 valence electrons. The molecular weight excluding hydrogens is 168 g/mol. The van der Waals surface area contributed by atoms with Crippen molar-refractivity contribution in [2.24, 2.45) is 11.3 Å². The molecule has 0 nitrogen and oxygen atoms in total. The largest absolute Gasteiger partial charge is 0.0622 e. The highest BCUT2D eigenvalue weighted by molar-refractivity contribution is 5.23. The van der Waals surface area contributed by atoms with Crippen LogP contribution in [0.5, 0.6) is 0 Å². The predicted octanol–water partition coefficient (Wildman–Crippen LogP) is 4.23. The summed E-state index contributed by atoms with van der Waals surface area (Å²) in [7, 11) is 0. The smallest absolute Gasteiger partial charge is 0.0108 e. The van der Waals surface area contributed by atoms with Gasteiger partial charge in [0, 0.05) is 0 Å². The van der Waals surface area contributed by atoms with Gasteiger partial charge >= 0.3 is 0 Å². The van der Waals surface area contributed by atoms with E-state index in [9.17, 15) is 0 Å². The molecule has 0 bridgehead atoms. The minimum absolute atomic E-state index is 0.474. The van der Waals surface area contributed by atoms with Gasteiger partial charge in [0.25, 0.3) is 0 Å². The second-order valence-electron chi connectivity index (χ2n) is 5.26. The predicted molar refractivity (Wildman–Crippen MR) is 61.4 cm³/mol. The van der Waals surface area contributed by atoms with E-state index in [1.54, 1.807) is 0 Å². The highest BCUT2D eigenvalue weighted by Gasteiger charge is 2.40. The first-order valence-electron chi connectivity index (χ1n) is 5.67. The van der Waals surface area contributed by atoms with E-state index in [-0.39, 0.29) is 0 Å². The van der Waals surface area contributed by atoms with Crippen molar-refractivity contribution >= 4 is 0 Å². The van der Waals surface area contributed by atoms with Crippen LogP contribution in [0.1, 0.15) is 45.1 Å². The maximum absolute atomic E-state index is 2.42. The number of benzene rings is 1. The van der Waals surface area contributed by atoms with E-state index in [4.69, 9.17) is 0 Å². The average Bonchev–Trinajstić information content (AvgIpc) is 2.44. The van der Waals surface area contributed by atoms with Crippen LogP contribution in [0.2, 0.25) is 0 Å². The van der Waals surface area contributed by atoms with Crippen LogP contribution in [0.4, 0.5) is 0 Å². The van der Waals surface area contributed by atoms with Crippen molar-refractivity contribution < 1.29 is 0 Å². The van der Waals surface area contributed by atoms with Gasteiger partial charge in [-0.1, -0.05) is 51.1 Å². The maximum Gasteiger partial charge on any atom is -0.0108 e. The van der Waals surface area contributed by atoms with Gasteiger partial charge < -0.3 is 0 Å². The molecule has 0 heterocycles. The molecule has 14 heavy (non-hydrogen) atoms. The van der Waals surface area contributed by atoms with Crippen molar-refractivity contribution in [3.05, 3.63) is 35.9 Å². The summed E-state index contributed by atoms with van der Waals surface area (Å²) in [5.41, 5.74) is 2.00. The Hall–Kier alpha value is -0.780. The molecule has 0 amide bonds. The first-order chi connectivity index (χ1) is 6.62. The van der Waals surface area contributed by atoms with Gasteiger partial charge in [-0.2, -0.15) is 0 Å². The van der Waals surface area contributed by atoms with E-state index in [0.29, 0.717) is 5.41 Å². The highest BCUT2D eigenvalue weighted by atomic mass is 14.4. The van der Waals surface area contributed by atoms with E-state index in [2.05, 4.69) is 51.1 Å². The van der Waals surface area contributed by atoms with Crippen LogP contribution in [-0.2, 0) is 0 Å². The van der Waals surface area contributed by atoms with Crippen LogP contribution < -0.4 is 0 Å². The lowest BCUT2D eigenvalue weighted by atomic mass is 9.73. The fourth-order valence-corrected chi connectivity index (χ4v) is 2.79. The topological polar surface area (TPSA) is 0 Å². The molecule has 1 aliphatic carbocycles. The summed E-state index contributed by atoms with van der Waals surface area (Å²) in [5, 5.41) is 0. The first-order valence-corrected chi connectivity index (χ1v) is 5.67. The van der Waals surface area contributed by atoms with Crippen LogP contribution in [-0.4, -0.2) is 0 Å². The molecule has 0 spiro atoms. The van der Waals surface area contributed by atoms with Crippen molar-refractivity contribution in [1.82, 2.24) is 0 Å². The Labute approximate surface area is 87.3 Å². The maximum atomic E-state index is 2.42. The molecule has 0 saturated heterocycles. The van der Waals surface area contributed by atoms with Gasteiger partial charge in [0.1, 0.15) is 0 Å². The van der Waals surface area contributed by atoms with Crippen molar-refractivity contribution in [3.63, 3.8) is 0 Å². The molecule has 0 aliphatic heterocycles. The minimum atomic E-state index is 0.474. The van der Waals surface area contributed by atoms with Crippen molar-refractivity contribution in [2.75, 3.05) is 0 Å². The lowest BCUT2D eigenvalue weighted by Crippen LogP contribution is -2.21. The molecule has 1 aromatic carbocycles. The summed E-state index contributed by atoms with van der Waals surface area (Å²) in [6.45, 7) is 7.23. The van der Waals surface area contributed by atoms with E-state index >= 15 is 0 Å². The van der Waals surface area contributed by atoms with E-state index in [1.807, 2.05) is 0 Å². The zero-order valence-corrected chi connectivity index (χ0v) is 9.46. The summed E-state index contributed by atoms with van der Waals surface area (Å²) in [5.74, 6) is 1.62. The summed E-state index contributed by atoms with van der Waals surface area (Å²) in [6, 6.07) is 11.0. The molecule has 2 rings (SSSR count). The number of hydrogen-bond acceptors (Lipinski definition) is 0. The molecular formula is C14H20. The average molecular weight is 188 g/mol. The summed E-state index contributed by atoms with van der Waals surface area (Å²) < 4.78 is 0. The fraction of sp³-hybridized carbons (Fsp3) is 0.571. The minimum Gasteiger partial charge on any atom is -0.0622 e. The highest BCUT2D eigenvalue weighted by Crippen LogP contribution is 2.52. The Morgan fingerprint density at radius 3 is 2.21 bits per heavy atom. The van der Waals surface area contributed by atoms with E-state index in [1.165, 1.54) is 18.4 Å². The van der Waals surface area contributed by atoms with Gasteiger partial charge in [-0.25, -0.2) is 0 Å². The van der Waals surface area contributed by atoms with Crippen LogP contribution in [0.25, 0.3) is 0 Å². The van der Waals surface area contributed by atoms with Crippen molar-refractivity contribution in [1.29, 1.82) is 0 Å². The van der Waals surface area contributed by atoms with Gasteiger partial charge in [-0.05, 0) is 35.7 Å². The molecule has 2 atom stereocenters. The lowest BCUT2D eigenvalue weighted by Gasteiger charge is -2.31. The Kier molecular flexibility index (Phi) is 2.38. The molecule has 1 aromatic rings. The Morgan fingerprint density at radius 1 is 1.07 bits per heavy atom. The Morgan fingerprint density at radius 2 is 1.71 bits per heavy atom. The molecule has 0 radical (unpaired) electrons. The van der Waals surface area contributed by atoms with E-state index in [0.717, 1.165) is 11.8 Å². The van der Waals surface area contributed by atoms with Gasteiger partial charge in [0.15, 0.2) is 0 Å². The molecule has 0 aromatic heterocycles. The molecule has 1 fully saturated rings. The molecule has 0 N–H and O–H groups in total. The van der Waals surface area contributed by atoms with Crippen molar-refractivity contribution in [2.45, 2.75) is 39.5 Å². The summed E-state index contributed by atoms with van der Waals surface area (Å²) >= 11 is 0. The van der Waals surface area contributed by atoms with E-state index < -0.39 is 0 Å². The molecule has 0 heteroatoms. The third kappa shape index (κ3) is 1.47. The Balaban J connectivity index is 2.29. The van der Waals surface area contributed by atoms with Crippen molar-refractivity contribution in [3.8, 4) is 0 Å². The third-order valence-corrected chi connectivity index (χ3v) is 4.26. The Bertz CT molecular complexity index is 297. The summed E-state index contributed by atoms with van der Waals surface area (Å²) in [4.78, 5) is 0. The van der Waals surface area contributed by atoms with Crippen LogP contribution >= 0.6 is 0 Å².